The van der Waals surface area contributed by atoms with Gasteiger partial charge in [-0.1, -0.05) is 23.3 Å². The molecule has 0 radical (unpaired) electrons. The number of nitrogens with zero attached hydrogens (tertiary/aromatic N) is 1. The third-order valence-corrected chi connectivity index (χ3v) is 6.70. The minimum Gasteiger partial charge on any atom is -0.507 e. The molecule has 1 aliphatic heterocycles. The Hall–Kier alpha value is -3.49. The quantitative estimate of drug-likeness (QED) is 0.304. The molecule has 0 saturated carbocycles. The Bertz CT molecular complexity index is 1450. The lowest BCUT2D eigenvalue weighted by atomic mass is 9.95. The van der Waals surface area contributed by atoms with Crippen LogP contribution in [0.3, 0.4) is 0 Å². The van der Waals surface area contributed by atoms with Crippen LogP contribution in [0.15, 0.2) is 38.6 Å². The summed E-state index contributed by atoms with van der Waals surface area (Å²) in [6.45, 7) is 10.5. The Morgan fingerprint density at radius 3 is 2.16 bits per heavy atom. The molecule has 1 saturated heterocycles. The van der Waals surface area contributed by atoms with Crippen molar-refractivity contribution >= 4 is 21.9 Å². The van der Waals surface area contributed by atoms with Crippen LogP contribution >= 0.6 is 0 Å². The van der Waals surface area contributed by atoms with Gasteiger partial charge in [-0.3, -0.25) is 9.69 Å². The third-order valence-electron chi connectivity index (χ3n) is 6.70. The molecule has 2 aromatic carbocycles. The first-order chi connectivity index (χ1) is 17.6. The number of phenols is 3. The maximum atomic E-state index is 14.1. The van der Waals surface area contributed by atoms with Gasteiger partial charge in [-0.25, -0.2) is 0 Å². The summed E-state index contributed by atoms with van der Waals surface area (Å²) in [5, 5.41) is 33.6. The van der Waals surface area contributed by atoms with E-state index in [1.165, 1.54) is 13.2 Å². The molecule has 1 fully saturated rings. The van der Waals surface area contributed by atoms with E-state index in [9.17, 15) is 20.1 Å². The highest BCUT2D eigenvalue weighted by atomic mass is 16.5. The molecule has 1 aromatic heterocycles. The molecule has 198 valence electrons. The molecule has 8 heteroatoms. The number of hydrogen-bond donors (Lipinski definition) is 3. The van der Waals surface area contributed by atoms with Gasteiger partial charge in [0.15, 0.2) is 17.1 Å². The number of phenolic OH excluding ortho intramolecular Hbond substituents is 3. The summed E-state index contributed by atoms with van der Waals surface area (Å²) >= 11 is 0. The van der Waals surface area contributed by atoms with E-state index in [1.54, 1.807) is 0 Å². The summed E-state index contributed by atoms with van der Waals surface area (Å²) < 4.78 is 17.2. The second kappa shape index (κ2) is 10.9. The van der Waals surface area contributed by atoms with Crippen LogP contribution in [-0.4, -0.2) is 53.6 Å². The number of morpholine rings is 1. The molecule has 3 N–H and O–H groups in total. The van der Waals surface area contributed by atoms with Crippen molar-refractivity contribution in [1.82, 2.24) is 4.90 Å². The van der Waals surface area contributed by atoms with Gasteiger partial charge in [-0.05, 0) is 40.5 Å². The highest BCUT2D eigenvalue weighted by Crippen LogP contribution is 2.43. The number of benzene rings is 2. The van der Waals surface area contributed by atoms with Gasteiger partial charge in [0.2, 0.25) is 5.43 Å². The standard InChI is InChI=1S/C29H35NO7/c1-16(2)6-8-18-23-22(14-21(31)28(18)35-5)37-29-20(15-30-10-12-36-13-11-30)25(32)19(9-7-17(3)4)26(33)24(29)27(23)34/h6-7,14,31-33H,8-13,15H2,1-5H3. The number of ether oxygens (including phenoxy) is 2. The van der Waals surface area contributed by atoms with Crippen molar-refractivity contribution in [2.24, 2.45) is 0 Å². The summed E-state index contributed by atoms with van der Waals surface area (Å²) in [5.74, 6) is -0.364. The van der Waals surface area contributed by atoms with Gasteiger partial charge in [0.25, 0.3) is 0 Å². The molecule has 0 atom stereocenters. The van der Waals surface area contributed by atoms with Crippen LogP contribution < -0.4 is 10.2 Å². The first-order valence-corrected chi connectivity index (χ1v) is 12.5. The van der Waals surface area contributed by atoms with Crippen molar-refractivity contribution < 1.29 is 29.2 Å². The van der Waals surface area contributed by atoms with Gasteiger partial charge < -0.3 is 29.2 Å². The van der Waals surface area contributed by atoms with Crippen molar-refractivity contribution in [2.45, 2.75) is 47.1 Å². The molecule has 2 heterocycles. The molecular weight excluding hydrogens is 474 g/mol. The highest BCUT2D eigenvalue weighted by Gasteiger charge is 2.27. The maximum absolute atomic E-state index is 14.1. The van der Waals surface area contributed by atoms with Gasteiger partial charge in [0.05, 0.1) is 31.3 Å². The highest BCUT2D eigenvalue weighted by molar-refractivity contribution is 5.99. The molecule has 4 rings (SSSR count). The minimum atomic E-state index is -0.439. The Labute approximate surface area is 216 Å². The molecule has 0 spiro atoms. The molecule has 0 amide bonds. The lowest BCUT2D eigenvalue weighted by molar-refractivity contribution is 0.0339. The Balaban J connectivity index is 2.10. The fourth-order valence-electron chi connectivity index (χ4n) is 4.74. The SMILES string of the molecule is COc1c(O)cc2oc3c(CN4CCOCC4)c(O)c(CC=C(C)C)c(O)c3c(=O)c2c1CC=C(C)C. The fraction of sp³-hybridized carbons (Fsp3) is 0.414. The van der Waals surface area contributed by atoms with Crippen LogP contribution in [0.4, 0.5) is 0 Å². The van der Waals surface area contributed by atoms with Crippen LogP contribution in [0.2, 0.25) is 0 Å². The number of aromatic hydroxyl groups is 3. The van der Waals surface area contributed by atoms with E-state index in [0.29, 0.717) is 50.4 Å². The van der Waals surface area contributed by atoms with Gasteiger partial charge in [0, 0.05) is 36.8 Å². The summed E-state index contributed by atoms with van der Waals surface area (Å²) in [5.41, 5.74) is 3.06. The second-order valence-electron chi connectivity index (χ2n) is 9.93. The zero-order chi connectivity index (χ0) is 26.9. The van der Waals surface area contributed by atoms with Crippen LogP contribution in [0.5, 0.6) is 23.0 Å². The van der Waals surface area contributed by atoms with E-state index >= 15 is 0 Å². The number of methoxy groups -OCH3 is 1. The molecule has 1 aliphatic rings. The maximum Gasteiger partial charge on any atom is 0.204 e. The lowest BCUT2D eigenvalue weighted by Crippen LogP contribution is -2.35. The summed E-state index contributed by atoms with van der Waals surface area (Å²) in [6, 6.07) is 1.35. The molecular formula is C29H35NO7. The Kier molecular flexibility index (Phi) is 7.80. The predicted molar refractivity (Wildman–Crippen MR) is 144 cm³/mol. The molecule has 0 unspecified atom stereocenters. The predicted octanol–water partition coefficient (Wildman–Crippen LogP) is 4.92. The van der Waals surface area contributed by atoms with E-state index in [1.807, 2.05) is 39.8 Å². The monoisotopic (exact) mass is 509 g/mol. The summed E-state index contributed by atoms with van der Waals surface area (Å²) in [6.07, 6.45) is 4.41. The molecule has 37 heavy (non-hydrogen) atoms. The normalized spacial score (nSPS) is 14.2. The number of allylic oxidation sites excluding steroid dienone is 4. The average Bonchev–Trinajstić information content (AvgIpc) is 2.85. The van der Waals surface area contributed by atoms with Gasteiger partial charge in [0.1, 0.15) is 22.5 Å². The Morgan fingerprint density at radius 1 is 0.946 bits per heavy atom. The largest absolute Gasteiger partial charge is 0.507 e. The van der Waals surface area contributed by atoms with E-state index < -0.39 is 5.43 Å². The minimum absolute atomic E-state index is 0.0110. The van der Waals surface area contributed by atoms with Crippen molar-refractivity contribution in [3.05, 3.63) is 56.3 Å². The first kappa shape index (κ1) is 26.6. The van der Waals surface area contributed by atoms with Crippen LogP contribution in [0.1, 0.15) is 44.4 Å². The van der Waals surface area contributed by atoms with Crippen LogP contribution in [0.25, 0.3) is 21.9 Å². The fourth-order valence-corrected chi connectivity index (χ4v) is 4.74. The van der Waals surface area contributed by atoms with Crippen LogP contribution in [-0.2, 0) is 24.1 Å². The van der Waals surface area contributed by atoms with Crippen molar-refractivity contribution in [3.63, 3.8) is 0 Å². The molecule has 0 aliphatic carbocycles. The van der Waals surface area contributed by atoms with Crippen molar-refractivity contribution in [3.8, 4) is 23.0 Å². The van der Waals surface area contributed by atoms with Crippen LogP contribution in [0, 0.1) is 0 Å². The zero-order valence-corrected chi connectivity index (χ0v) is 22.1. The van der Waals surface area contributed by atoms with E-state index in [0.717, 1.165) is 11.1 Å². The van der Waals surface area contributed by atoms with Gasteiger partial charge in [-0.15, -0.1) is 0 Å². The van der Waals surface area contributed by atoms with E-state index in [-0.39, 0.29) is 56.9 Å². The van der Waals surface area contributed by atoms with Gasteiger partial charge >= 0.3 is 0 Å². The molecule has 3 aromatic rings. The van der Waals surface area contributed by atoms with Crippen molar-refractivity contribution in [1.29, 1.82) is 0 Å². The molecule has 8 nitrogen and oxygen atoms in total. The van der Waals surface area contributed by atoms with Crippen molar-refractivity contribution in [2.75, 3.05) is 33.4 Å². The molecule has 0 bridgehead atoms. The average molecular weight is 510 g/mol. The second-order valence-corrected chi connectivity index (χ2v) is 9.93. The first-order valence-electron chi connectivity index (χ1n) is 12.5. The summed E-state index contributed by atoms with van der Waals surface area (Å²) in [4.78, 5) is 16.2. The number of rotatable bonds is 7. The van der Waals surface area contributed by atoms with E-state index in [2.05, 4.69) is 4.90 Å². The summed E-state index contributed by atoms with van der Waals surface area (Å²) in [7, 11) is 1.43. The number of fused-ring (bicyclic) bond motifs is 2. The smallest absolute Gasteiger partial charge is 0.204 e. The Morgan fingerprint density at radius 2 is 1.57 bits per heavy atom. The lowest BCUT2D eigenvalue weighted by Gasteiger charge is -2.27. The third kappa shape index (κ3) is 5.17. The van der Waals surface area contributed by atoms with Gasteiger partial charge in [-0.2, -0.15) is 0 Å². The number of hydrogen-bond acceptors (Lipinski definition) is 8. The topological polar surface area (TPSA) is 113 Å². The van der Waals surface area contributed by atoms with E-state index in [4.69, 9.17) is 13.9 Å². The zero-order valence-electron chi connectivity index (χ0n) is 22.1.